The maximum atomic E-state index is 13.2. The number of halogens is 8. The third kappa shape index (κ3) is 6.25. The van der Waals surface area contributed by atoms with Crippen molar-refractivity contribution >= 4 is 23.2 Å². The predicted molar refractivity (Wildman–Crippen MR) is 88.2 cm³/mol. The van der Waals surface area contributed by atoms with Gasteiger partial charge in [0, 0.05) is 0 Å². The molecule has 0 saturated heterocycles. The summed E-state index contributed by atoms with van der Waals surface area (Å²) in [7, 11) is 0. The molecule has 0 amide bonds. The van der Waals surface area contributed by atoms with Crippen molar-refractivity contribution in [2.45, 2.75) is 12.4 Å². The van der Waals surface area contributed by atoms with E-state index in [1.54, 1.807) is 0 Å². The van der Waals surface area contributed by atoms with E-state index in [1.807, 2.05) is 0 Å². The van der Waals surface area contributed by atoms with Crippen LogP contribution < -0.4 is 9.47 Å². The molecule has 27 heavy (non-hydrogen) atoms. The molecule has 2 aromatic carbocycles. The summed E-state index contributed by atoms with van der Waals surface area (Å²) in [6.07, 6.45) is -8.24. The molecule has 2 rings (SSSR count). The van der Waals surface area contributed by atoms with Crippen molar-refractivity contribution < 1.29 is 35.8 Å². The molecule has 0 unspecified atom stereocenters. The second-order valence-corrected chi connectivity index (χ2v) is 6.10. The summed E-state index contributed by atoms with van der Waals surface area (Å²) in [5.74, 6) is -1.08. The van der Waals surface area contributed by atoms with Crippen LogP contribution in [-0.4, -0.2) is 6.61 Å². The highest BCUT2D eigenvalue weighted by molar-refractivity contribution is 6.55. The Morgan fingerprint density at radius 3 is 2.15 bits per heavy atom. The van der Waals surface area contributed by atoms with Crippen molar-refractivity contribution in [2.75, 3.05) is 6.61 Å². The van der Waals surface area contributed by atoms with Gasteiger partial charge < -0.3 is 9.47 Å². The van der Waals surface area contributed by atoms with Crippen LogP contribution in [0.25, 0.3) is 0 Å². The summed E-state index contributed by atoms with van der Waals surface area (Å²) in [5, 5.41) is 0. The van der Waals surface area contributed by atoms with E-state index in [0.717, 1.165) is 30.3 Å². The Morgan fingerprint density at radius 2 is 1.56 bits per heavy atom. The van der Waals surface area contributed by atoms with Crippen LogP contribution in [0.4, 0.5) is 26.3 Å². The number of hydrogen-bond donors (Lipinski definition) is 0. The van der Waals surface area contributed by atoms with Crippen molar-refractivity contribution in [1.82, 2.24) is 0 Å². The number of ether oxygens (including phenoxy) is 2. The lowest BCUT2D eigenvalue weighted by Gasteiger charge is -2.15. The van der Waals surface area contributed by atoms with Gasteiger partial charge in [0.25, 0.3) is 0 Å². The first-order valence-electron chi connectivity index (χ1n) is 7.17. The van der Waals surface area contributed by atoms with Crippen molar-refractivity contribution in [3.8, 4) is 17.2 Å². The highest BCUT2D eigenvalue weighted by Crippen LogP contribution is 2.40. The fraction of sp³-hybridized carbons (Fsp3) is 0.176. The Balaban J connectivity index is 2.30. The first kappa shape index (κ1) is 21.2. The number of hydrogen-bond acceptors (Lipinski definition) is 2. The molecule has 0 saturated carbocycles. The average Bonchev–Trinajstić information content (AvgIpc) is 2.54. The molecule has 0 aromatic heterocycles. The van der Waals surface area contributed by atoms with Crippen LogP contribution >= 0.6 is 23.2 Å². The molecule has 0 heterocycles. The van der Waals surface area contributed by atoms with Crippen LogP contribution in [0.2, 0.25) is 0 Å². The van der Waals surface area contributed by atoms with Gasteiger partial charge in [0.2, 0.25) is 0 Å². The lowest BCUT2D eigenvalue weighted by molar-refractivity contribution is -0.139. The molecule has 0 aliphatic carbocycles. The summed E-state index contributed by atoms with van der Waals surface area (Å²) in [4.78, 5) is 0. The molecular weight excluding hydrogens is 421 g/mol. The minimum absolute atomic E-state index is 0.173. The largest absolute Gasteiger partial charge is 0.489 e. The molecule has 0 spiro atoms. The fourth-order valence-electron chi connectivity index (χ4n) is 1.99. The molecule has 0 atom stereocenters. The molecule has 2 aromatic rings. The third-order valence-corrected chi connectivity index (χ3v) is 3.44. The normalized spacial score (nSPS) is 11.9. The molecule has 0 N–H and O–H groups in total. The van der Waals surface area contributed by atoms with Gasteiger partial charge in [0.05, 0.1) is 5.56 Å². The topological polar surface area (TPSA) is 18.5 Å². The molecule has 0 radical (unpaired) electrons. The van der Waals surface area contributed by atoms with E-state index in [4.69, 9.17) is 32.7 Å². The maximum Gasteiger partial charge on any atom is 0.420 e. The minimum Gasteiger partial charge on any atom is -0.489 e. The smallest absolute Gasteiger partial charge is 0.420 e. The first-order valence-corrected chi connectivity index (χ1v) is 7.93. The van der Waals surface area contributed by atoms with Crippen LogP contribution in [0.3, 0.4) is 0 Å². The third-order valence-electron chi connectivity index (χ3n) is 3.13. The first-order chi connectivity index (χ1) is 12.5. The monoisotopic (exact) mass is 430 g/mol. The van der Waals surface area contributed by atoms with E-state index in [9.17, 15) is 26.3 Å². The fourth-order valence-corrected chi connectivity index (χ4v) is 2.11. The molecule has 0 aliphatic heterocycles. The molecule has 0 bridgehead atoms. The lowest BCUT2D eigenvalue weighted by Crippen LogP contribution is -2.09. The van der Waals surface area contributed by atoms with Crippen LogP contribution in [0.15, 0.2) is 53.0 Å². The standard InChI is InChI=1S/C17H10Cl2F6O2/c18-15(19)6-7-26-14-5-4-12(9-13(14)17(23,24)25)27-11-3-1-2-10(8-11)16(20,21)22/h1-6,8-9H,7H2. The van der Waals surface area contributed by atoms with Crippen LogP contribution in [0.1, 0.15) is 11.1 Å². The zero-order valence-electron chi connectivity index (χ0n) is 13.2. The van der Waals surface area contributed by atoms with Gasteiger partial charge in [-0.1, -0.05) is 29.3 Å². The predicted octanol–water partition coefficient (Wildman–Crippen LogP) is 7.21. The highest BCUT2D eigenvalue weighted by atomic mass is 35.5. The maximum absolute atomic E-state index is 13.2. The molecular formula is C17H10Cl2F6O2. The second-order valence-electron chi connectivity index (χ2n) is 5.09. The zero-order valence-corrected chi connectivity index (χ0v) is 14.7. The summed E-state index contributed by atoms with van der Waals surface area (Å²) in [5.41, 5.74) is -2.15. The summed E-state index contributed by atoms with van der Waals surface area (Å²) in [6, 6.07) is 6.54. The van der Waals surface area contributed by atoms with E-state index in [0.29, 0.717) is 12.1 Å². The van der Waals surface area contributed by atoms with Gasteiger partial charge in [-0.2, -0.15) is 26.3 Å². The lowest BCUT2D eigenvalue weighted by atomic mass is 10.1. The summed E-state index contributed by atoms with van der Waals surface area (Å²) >= 11 is 10.7. The van der Waals surface area contributed by atoms with Gasteiger partial charge in [-0.3, -0.25) is 0 Å². The van der Waals surface area contributed by atoms with E-state index in [-0.39, 0.29) is 22.6 Å². The number of benzene rings is 2. The second kappa shape index (κ2) is 8.31. The van der Waals surface area contributed by atoms with Gasteiger partial charge in [-0.15, -0.1) is 0 Å². The Kier molecular flexibility index (Phi) is 6.54. The van der Waals surface area contributed by atoms with Gasteiger partial charge in [-0.25, -0.2) is 0 Å². The van der Waals surface area contributed by atoms with Gasteiger partial charge in [0.15, 0.2) is 0 Å². The Bertz CT molecular complexity index is 827. The molecule has 0 aliphatic rings. The Labute approximate surface area is 159 Å². The molecule has 0 fully saturated rings. The highest BCUT2D eigenvalue weighted by Gasteiger charge is 2.35. The molecule has 10 heteroatoms. The van der Waals surface area contributed by atoms with E-state index >= 15 is 0 Å². The summed E-state index contributed by atoms with van der Waals surface area (Å²) < 4.78 is 87.7. The van der Waals surface area contributed by atoms with Crippen LogP contribution in [0, 0.1) is 0 Å². The van der Waals surface area contributed by atoms with Gasteiger partial charge in [0.1, 0.15) is 33.9 Å². The van der Waals surface area contributed by atoms with Crippen LogP contribution in [0.5, 0.6) is 17.2 Å². The van der Waals surface area contributed by atoms with Gasteiger partial charge >= 0.3 is 12.4 Å². The van der Waals surface area contributed by atoms with Crippen molar-refractivity contribution in [3.05, 3.63) is 64.2 Å². The Hall–Kier alpha value is -2.06. The van der Waals surface area contributed by atoms with E-state index in [2.05, 4.69) is 0 Å². The average molecular weight is 431 g/mol. The van der Waals surface area contributed by atoms with Gasteiger partial charge in [-0.05, 0) is 42.5 Å². The minimum atomic E-state index is -4.78. The van der Waals surface area contributed by atoms with E-state index < -0.39 is 29.2 Å². The van der Waals surface area contributed by atoms with Crippen molar-refractivity contribution in [3.63, 3.8) is 0 Å². The Morgan fingerprint density at radius 1 is 0.889 bits per heavy atom. The number of rotatable bonds is 5. The van der Waals surface area contributed by atoms with E-state index in [1.165, 1.54) is 6.07 Å². The molecule has 2 nitrogen and oxygen atoms in total. The zero-order chi connectivity index (χ0) is 20.2. The van der Waals surface area contributed by atoms with Crippen LogP contribution in [-0.2, 0) is 12.4 Å². The molecule has 146 valence electrons. The quantitative estimate of drug-likeness (QED) is 0.466. The number of alkyl halides is 6. The van der Waals surface area contributed by atoms with Crippen molar-refractivity contribution in [1.29, 1.82) is 0 Å². The summed E-state index contributed by atoms with van der Waals surface area (Å²) in [6.45, 7) is -0.306. The SMILES string of the molecule is FC(F)(F)c1cccc(Oc2ccc(OCC=C(Cl)Cl)c(C(F)(F)F)c2)c1. The van der Waals surface area contributed by atoms with Crippen molar-refractivity contribution in [2.24, 2.45) is 0 Å².